The molecule has 0 bridgehead atoms. The van der Waals surface area contributed by atoms with Gasteiger partial charge in [0.15, 0.2) is 0 Å². The van der Waals surface area contributed by atoms with E-state index in [4.69, 9.17) is 0 Å². The maximum atomic E-state index is 4.31. The van der Waals surface area contributed by atoms with Gasteiger partial charge in [0.2, 0.25) is 0 Å². The van der Waals surface area contributed by atoms with E-state index in [1.807, 2.05) is 0 Å². The van der Waals surface area contributed by atoms with Crippen LogP contribution in [0.2, 0.25) is 0 Å². The molecule has 22 heavy (non-hydrogen) atoms. The number of hydrogen-bond donors (Lipinski definition) is 1. The Balaban J connectivity index is 1.64. The van der Waals surface area contributed by atoms with Gasteiger partial charge in [-0.05, 0) is 74.8 Å². The molecule has 1 aliphatic heterocycles. The van der Waals surface area contributed by atoms with Crippen LogP contribution in [0.25, 0.3) is 0 Å². The molecule has 4 unspecified atom stereocenters. The highest BCUT2D eigenvalue weighted by molar-refractivity contribution is 5.40. The molecule has 4 rings (SSSR count). The Morgan fingerprint density at radius 1 is 1.14 bits per heavy atom. The van der Waals surface area contributed by atoms with Crippen LogP contribution < -0.4 is 5.32 Å². The van der Waals surface area contributed by atoms with Gasteiger partial charge in [-0.25, -0.2) is 0 Å². The van der Waals surface area contributed by atoms with Crippen LogP contribution in [-0.4, -0.2) is 6.04 Å². The highest BCUT2D eigenvalue weighted by Crippen LogP contribution is 2.56. The van der Waals surface area contributed by atoms with E-state index in [1.54, 1.807) is 11.1 Å². The van der Waals surface area contributed by atoms with Crippen molar-refractivity contribution in [3.8, 4) is 0 Å². The van der Waals surface area contributed by atoms with Crippen molar-refractivity contribution in [1.82, 2.24) is 5.32 Å². The molecule has 0 amide bonds. The molecule has 1 aromatic rings. The molecular weight excluding hydrogens is 266 g/mol. The summed E-state index contributed by atoms with van der Waals surface area (Å²) in [6.07, 6.45) is 6.74. The Morgan fingerprint density at radius 2 is 1.91 bits per heavy atom. The first-order valence-corrected chi connectivity index (χ1v) is 9.05. The third kappa shape index (κ3) is 2.13. The fourth-order valence-corrected chi connectivity index (χ4v) is 5.11. The minimum Gasteiger partial charge on any atom is -0.386 e. The van der Waals surface area contributed by atoms with E-state index in [0.717, 1.165) is 17.8 Å². The Kier molecular flexibility index (Phi) is 3.18. The number of rotatable bonds is 2. The second-order valence-electron chi connectivity index (χ2n) is 8.31. The standard InChI is InChI=1S/C21H29N/c1-13-5-8-18(19(11-13)16-6-7-16)17-9-10-21(4)15(3)22-14(2)20(21)12-17/h5,8,11,14,16-17,20,22H,3,6-7,9-10,12H2,1-2,4H3. The van der Waals surface area contributed by atoms with E-state index in [-0.39, 0.29) is 0 Å². The summed E-state index contributed by atoms with van der Waals surface area (Å²) in [5, 5.41) is 3.64. The SMILES string of the molecule is C=C1NC(C)C2CC(c3ccc(C)cc3C3CC3)CCC12C. The summed E-state index contributed by atoms with van der Waals surface area (Å²) in [6.45, 7) is 11.3. The first-order valence-electron chi connectivity index (χ1n) is 9.05. The molecule has 1 N–H and O–H groups in total. The predicted molar refractivity (Wildman–Crippen MR) is 93.1 cm³/mol. The zero-order chi connectivity index (χ0) is 15.5. The smallest absolute Gasteiger partial charge is 0.0267 e. The van der Waals surface area contributed by atoms with Crippen LogP contribution in [0.3, 0.4) is 0 Å². The van der Waals surface area contributed by atoms with Crippen LogP contribution in [0.5, 0.6) is 0 Å². The first-order chi connectivity index (χ1) is 10.5. The molecule has 1 heteroatoms. The molecule has 1 saturated heterocycles. The molecule has 4 atom stereocenters. The van der Waals surface area contributed by atoms with Gasteiger partial charge in [0, 0.05) is 17.2 Å². The largest absolute Gasteiger partial charge is 0.386 e. The lowest BCUT2D eigenvalue weighted by Crippen LogP contribution is -2.34. The Hall–Kier alpha value is -1.24. The summed E-state index contributed by atoms with van der Waals surface area (Å²) in [4.78, 5) is 0. The van der Waals surface area contributed by atoms with Crippen LogP contribution in [0.15, 0.2) is 30.5 Å². The number of allylic oxidation sites excluding steroid dienone is 1. The maximum absolute atomic E-state index is 4.31. The summed E-state index contributed by atoms with van der Waals surface area (Å²) in [6, 6.07) is 7.81. The van der Waals surface area contributed by atoms with Gasteiger partial charge >= 0.3 is 0 Å². The van der Waals surface area contributed by atoms with Gasteiger partial charge in [-0.1, -0.05) is 37.3 Å². The van der Waals surface area contributed by atoms with Crippen molar-refractivity contribution in [3.63, 3.8) is 0 Å². The van der Waals surface area contributed by atoms with Crippen molar-refractivity contribution >= 4 is 0 Å². The van der Waals surface area contributed by atoms with Gasteiger partial charge < -0.3 is 5.32 Å². The number of fused-ring (bicyclic) bond motifs is 1. The van der Waals surface area contributed by atoms with Gasteiger partial charge in [0.25, 0.3) is 0 Å². The molecule has 118 valence electrons. The van der Waals surface area contributed by atoms with E-state index in [1.165, 1.54) is 43.4 Å². The summed E-state index contributed by atoms with van der Waals surface area (Å²) in [5.41, 5.74) is 6.37. The van der Waals surface area contributed by atoms with Crippen molar-refractivity contribution in [2.45, 2.75) is 70.8 Å². The van der Waals surface area contributed by atoms with E-state index in [2.05, 4.69) is 50.9 Å². The van der Waals surface area contributed by atoms with E-state index in [9.17, 15) is 0 Å². The second-order valence-corrected chi connectivity index (χ2v) is 8.31. The fourth-order valence-electron chi connectivity index (χ4n) is 5.11. The molecule has 3 fully saturated rings. The Labute approximate surface area is 135 Å². The third-order valence-electron chi connectivity index (χ3n) is 6.76. The lowest BCUT2D eigenvalue weighted by atomic mass is 9.62. The predicted octanol–water partition coefficient (Wildman–Crippen LogP) is 5.27. The molecule has 2 aliphatic carbocycles. The van der Waals surface area contributed by atoms with E-state index in [0.29, 0.717) is 11.5 Å². The quantitative estimate of drug-likeness (QED) is 0.784. The van der Waals surface area contributed by atoms with Crippen molar-refractivity contribution in [1.29, 1.82) is 0 Å². The normalized spacial score (nSPS) is 37.8. The van der Waals surface area contributed by atoms with Gasteiger partial charge in [0.05, 0.1) is 0 Å². The van der Waals surface area contributed by atoms with Crippen LogP contribution in [0.4, 0.5) is 0 Å². The Bertz CT molecular complexity index is 612. The number of nitrogens with one attached hydrogen (secondary N) is 1. The summed E-state index contributed by atoms with van der Waals surface area (Å²) in [7, 11) is 0. The van der Waals surface area contributed by atoms with Gasteiger partial charge in [-0.15, -0.1) is 0 Å². The first kappa shape index (κ1) is 14.4. The average molecular weight is 295 g/mol. The van der Waals surface area contributed by atoms with Crippen LogP contribution in [0, 0.1) is 18.3 Å². The van der Waals surface area contributed by atoms with Crippen molar-refractivity contribution in [3.05, 3.63) is 47.2 Å². The van der Waals surface area contributed by atoms with Gasteiger partial charge in [-0.2, -0.15) is 0 Å². The highest BCUT2D eigenvalue weighted by atomic mass is 15.0. The third-order valence-corrected chi connectivity index (χ3v) is 6.76. The van der Waals surface area contributed by atoms with E-state index >= 15 is 0 Å². The lowest BCUT2D eigenvalue weighted by Gasteiger charge is -2.41. The monoisotopic (exact) mass is 295 g/mol. The molecule has 3 aliphatic rings. The fraction of sp³-hybridized carbons (Fsp3) is 0.619. The van der Waals surface area contributed by atoms with Crippen LogP contribution >= 0.6 is 0 Å². The molecule has 1 aromatic carbocycles. The highest BCUT2D eigenvalue weighted by Gasteiger charge is 2.49. The zero-order valence-electron chi connectivity index (χ0n) is 14.3. The number of aryl methyl sites for hydroxylation is 1. The van der Waals surface area contributed by atoms with E-state index < -0.39 is 0 Å². The molecule has 1 heterocycles. The second kappa shape index (κ2) is 4.88. The van der Waals surface area contributed by atoms with Crippen molar-refractivity contribution in [2.75, 3.05) is 0 Å². The molecule has 0 spiro atoms. The molecule has 0 radical (unpaired) electrons. The molecule has 1 nitrogen and oxygen atoms in total. The van der Waals surface area contributed by atoms with Crippen molar-refractivity contribution in [2.24, 2.45) is 11.3 Å². The van der Waals surface area contributed by atoms with Gasteiger partial charge in [0.1, 0.15) is 0 Å². The molecule has 0 aromatic heterocycles. The van der Waals surface area contributed by atoms with Crippen molar-refractivity contribution < 1.29 is 0 Å². The number of benzene rings is 1. The lowest BCUT2D eigenvalue weighted by molar-refractivity contribution is 0.159. The topological polar surface area (TPSA) is 12.0 Å². The zero-order valence-corrected chi connectivity index (χ0v) is 14.3. The summed E-state index contributed by atoms with van der Waals surface area (Å²) < 4.78 is 0. The van der Waals surface area contributed by atoms with Gasteiger partial charge in [-0.3, -0.25) is 0 Å². The Morgan fingerprint density at radius 3 is 2.64 bits per heavy atom. The maximum Gasteiger partial charge on any atom is 0.0267 e. The summed E-state index contributed by atoms with van der Waals surface area (Å²) >= 11 is 0. The van der Waals surface area contributed by atoms with Crippen LogP contribution in [-0.2, 0) is 0 Å². The van der Waals surface area contributed by atoms with Crippen LogP contribution in [0.1, 0.15) is 74.5 Å². The minimum absolute atomic E-state index is 0.320. The molecular formula is C21H29N. The minimum atomic E-state index is 0.320. The number of hydrogen-bond acceptors (Lipinski definition) is 1. The molecule has 2 saturated carbocycles. The average Bonchev–Trinajstić information content (AvgIpc) is 3.29. The summed E-state index contributed by atoms with van der Waals surface area (Å²) in [5.74, 6) is 2.36.